The molecule has 1 aliphatic rings. The second-order valence-corrected chi connectivity index (χ2v) is 7.05. The molecule has 1 fully saturated rings. The molecule has 0 aliphatic carbocycles. The molecule has 1 aromatic carbocycles. The molecule has 3 nitrogen and oxygen atoms in total. The SMILES string of the molecule is CC1CN(C(CN)CC(C)c2ccccc2)CC(C)(C)O1. The van der Waals surface area contributed by atoms with Crippen molar-refractivity contribution in [2.45, 2.75) is 57.8 Å². The van der Waals surface area contributed by atoms with Crippen molar-refractivity contribution in [1.29, 1.82) is 0 Å². The third kappa shape index (κ3) is 4.53. The van der Waals surface area contributed by atoms with Gasteiger partial charge in [0.1, 0.15) is 0 Å². The Morgan fingerprint density at radius 2 is 2.00 bits per heavy atom. The van der Waals surface area contributed by atoms with E-state index in [9.17, 15) is 0 Å². The minimum atomic E-state index is -0.0823. The van der Waals surface area contributed by atoms with Crippen LogP contribution in [0, 0.1) is 0 Å². The maximum atomic E-state index is 6.08. The van der Waals surface area contributed by atoms with E-state index in [2.05, 4.69) is 62.9 Å². The first-order valence-corrected chi connectivity index (χ1v) is 8.08. The molecule has 0 radical (unpaired) electrons. The number of rotatable bonds is 5. The Hall–Kier alpha value is -0.900. The Kier molecular flexibility index (Phi) is 5.42. The van der Waals surface area contributed by atoms with Gasteiger partial charge in [-0.05, 0) is 38.7 Å². The summed E-state index contributed by atoms with van der Waals surface area (Å²) in [6.07, 6.45) is 1.37. The number of morpholine rings is 1. The summed E-state index contributed by atoms with van der Waals surface area (Å²) >= 11 is 0. The Bertz CT molecular complexity index is 432. The zero-order valence-electron chi connectivity index (χ0n) is 13.9. The van der Waals surface area contributed by atoms with Gasteiger partial charge in [0.15, 0.2) is 0 Å². The predicted octanol–water partition coefficient (Wildman–Crippen LogP) is 3.01. The summed E-state index contributed by atoms with van der Waals surface area (Å²) in [5.74, 6) is 0.529. The quantitative estimate of drug-likeness (QED) is 0.906. The summed E-state index contributed by atoms with van der Waals surface area (Å²) in [7, 11) is 0. The first-order chi connectivity index (χ1) is 9.91. The van der Waals surface area contributed by atoms with Crippen LogP contribution in [0.25, 0.3) is 0 Å². The van der Waals surface area contributed by atoms with Crippen molar-refractivity contribution in [1.82, 2.24) is 4.90 Å². The molecular weight excluding hydrogens is 260 g/mol. The lowest BCUT2D eigenvalue weighted by Crippen LogP contribution is -2.56. The lowest BCUT2D eigenvalue weighted by atomic mass is 9.92. The molecule has 2 rings (SSSR count). The van der Waals surface area contributed by atoms with Gasteiger partial charge in [-0.2, -0.15) is 0 Å². The predicted molar refractivity (Wildman–Crippen MR) is 88.5 cm³/mol. The third-order valence-electron chi connectivity index (χ3n) is 4.38. The van der Waals surface area contributed by atoms with E-state index in [1.807, 2.05) is 0 Å². The van der Waals surface area contributed by atoms with Crippen molar-refractivity contribution in [3.63, 3.8) is 0 Å². The lowest BCUT2D eigenvalue weighted by molar-refractivity contribution is -0.138. The van der Waals surface area contributed by atoms with Gasteiger partial charge in [0.05, 0.1) is 11.7 Å². The van der Waals surface area contributed by atoms with Crippen LogP contribution in [0.5, 0.6) is 0 Å². The Morgan fingerprint density at radius 1 is 1.33 bits per heavy atom. The molecule has 0 spiro atoms. The molecular formula is C18H30N2O. The molecule has 21 heavy (non-hydrogen) atoms. The van der Waals surface area contributed by atoms with E-state index < -0.39 is 0 Å². The summed E-state index contributed by atoms with van der Waals surface area (Å²) in [5, 5.41) is 0. The van der Waals surface area contributed by atoms with Gasteiger partial charge in [-0.15, -0.1) is 0 Å². The van der Waals surface area contributed by atoms with E-state index in [1.54, 1.807) is 0 Å². The molecule has 0 aromatic heterocycles. The van der Waals surface area contributed by atoms with Crippen molar-refractivity contribution in [2.75, 3.05) is 19.6 Å². The fourth-order valence-electron chi connectivity index (χ4n) is 3.50. The zero-order chi connectivity index (χ0) is 15.5. The van der Waals surface area contributed by atoms with Crippen molar-refractivity contribution in [3.8, 4) is 0 Å². The minimum Gasteiger partial charge on any atom is -0.370 e. The van der Waals surface area contributed by atoms with Gasteiger partial charge in [0, 0.05) is 25.7 Å². The second kappa shape index (κ2) is 6.91. The van der Waals surface area contributed by atoms with Crippen LogP contribution in [0.2, 0.25) is 0 Å². The van der Waals surface area contributed by atoms with Crippen LogP contribution in [-0.4, -0.2) is 42.3 Å². The number of nitrogens with two attached hydrogens (primary N) is 1. The number of benzene rings is 1. The molecule has 3 atom stereocenters. The van der Waals surface area contributed by atoms with Crippen LogP contribution >= 0.6 is 0 Å². The van der Waals surface area contributed by atoms with E-state index in [0.29, 0.717) is 18.5 Å². The smallest absolute Gasteiger partial charge is 0.0757 e. The Morgan fingerprint density at radius 3 is 2.57 bits per heavy atom. The highest BCUT2D eigenvalue weighted by molar-refractivity contribution is 5.19. The first kappa shape index (κ1) is 16.5. The highest BCUT2D eigenvalue weighted by atomic mass is 16.5. The van der Waals surface area contributed by atoms with Gasteiger partial charge < -0.3 is 10.5 Å². The highest BCUT2D eigenvalue weighted by Crippen LogP contribution is 2.27. The van der Waals surface area contributed by atoms with Crippen LogP contribution in [-0.2, 0) is 4.74 Å². The van der Waals surface area contributed by atoms with Gasteiger partial charge in [0.2, 0.25) is 0 Å². The largest absolute Gasteiger partial charge is 0.370 e. The summed E-state index contributed by atoms with van der Waals surface area (Å²) in [6.45, 7) is 11.4. The molecule has 2 N–H and O–H groups in total. The van der Waals surface area contributed by atoms with Crippen molar-refractivity contribution in [3.05, 3.63) is 35.9 Å². The first-order valence-electron chi connectivity index (χ1n) is 8.08. The molecule has 118 valence electrons. The van der Waals surface area contributed by atoms with Crippen molar-refractivity contribution in [2.24, 2.45) is 5.73 Å². The van der Waals surface area contributed by atoms with E-state index in [4.69, 9.17) is 10.5 Å². The number of nitrogens with zero attached hydrogens (tertiary/aromatic N) is 1. The standard InChI is InChI=1S/C18H30N2O/c1-14(16-8-6-5-7-9-16)10-17(11-19)20-12-15(2)21-18(3,4)13-20/h5-9,14-15,17H,10-13,19H2,1-4H3. The number of hydrogen-bond donors (Lipinski definition) is 1. The topological polar surface area (TPSA) is 38.5 Å². The maximum absolute atomic E-state index is 6.08. The van der Waals surface area contributed by atoms with Gasteiger partial charge in [-0.3, -0.25) is 4.90 Å². The number of hydrogen-bond acceptors (Lipinski definition) is 3. The van der Waals surface area contributed by atoms with Gasteiger partial charge in [-0.25, -0.2) is 0 Å². The lowest BCUT2D eigenvalue weighted by Gasteiger charge is -2.45. The molecule has 1 heterocycles. The summed E-state index contributed by atoms with van der Waals surface area (Å²) in [5.41, 5.74) is 7.40. The fourth-order valence-corrected chi connectivity index (χ4v) is 3.50. The summed E-state index contributed by atoms with van der Waals surface area (Å²) < 4.78 is 6.01. The fraction of sp³-hybridized carbons (Fsp3) is 0.667. The van der Waals surface area contributed by atoms with Gasteiger partial charge >= 0.3 is 0 Å². The monoisotopic (exact) mass is 290 g/mol. The number of ether oxygens (including phenoxy) is 1. The van der Waals surface area contributed by atoms with Crippen molar-refractivity contribution < 1.29 is 4.74 Å². The van der Waals surface area contributed by atoms with Crippen LogP contribution < -0.4 is 5.73 Å². The molecule has 1 saturated heterocycles. The van der Waals surface area contributed by atoms with Crippen LogP contribution in [0.1, 0.15) is 45.6 Å². The Labute approximate surface area is 129 Å². The van der Waals surface area contributed by atoms with Crippen LogP contribution in [0.15, 0.2) is 30.3 Å². The van der Waals surface area contributed by atoms with Gasteiger partial charge in [-0.1, -0.05) is 37.3 Å². The molecule has 3 heteroatoms. The molecule has 0 amide bonds. The second-order valence-electron chi connectivity index (χ2n) is 7.05. The third-order valence-corrected chi connectivity index (χ3v) is 4.38. The molecule has 0 bridgehead atoms. The van der Waals surface area contributed by atoms with E-state index in [-0.39, 0.29) is 11.7 Å². The Balaban J connectivity index is 2.02. The highest BCUT2D eigenvalue weighted by Gasteiger charge is 2.34. The summed E-state index contributed by atoms with van der Waals surface area (Å²) in [4.78, 5) is 2.52. The average molecular weight is 290 g/mol. The molecule has 3 unspecified atom stereocenters. The van der Waals surface area contributed by atoms with Crippen molar-refractivity contribution >= 4 is 0 Å². The molecule has 0 saturated carbocycles. The van der Waals surface area contributed by atoms with Crippen LogP contribution in [0.4, 0.5) is 0 Å². The zero-order valence-corrected chi connectivity index (χ0v) is 13.9. The average Bonchev–Trinajstić information content (AvgIpc) is 2.43. The summed E-state index contributed by atoms with van der Waals surface area (Å²) in [6, 6.07) is 11.1. The van der Waals surface area contributed by atoms with E-state index >= 15 is 0 Å². The molecule has 1 aromatic rings. The maximum Gasteiger partial charge on any atom is 0.0757 e. The molecule has 1 aliphatic heterocycles. The normalized spacial score (nSPS) is 25.5. The van der Waals surface area contributed by atoms with Crippen LogP contribution in [0.3, 0.4) is 0 Å². The minimum absolute atomic E-state index is 0.0823. The van der Waals surface area contributed by atoms with Gasteiger partial charge in [0.25, 0.3) is 0 Å². The van der Waals surface area contributed by atoms with E-state index in [0.717, 1.165) is 19.5 Å². The van der Waals surface area contributed by atoms with E-state index in [1.165, 1.54) is 5.56 Å².